The van der Waals surface area contributed by atoms with E-state index >= 15 is 0 Å². The van der Waals surface area contributed by atoms with Crippen LogP contribution in [-0.2, 0) is 4.74 Å². The molecule has 0 aliphatic rings. The van der Waals surface area contributed by atoms with Gasteiger partial charge >= 0.3 is 6.09 Å². The lowest BCUT2D eigenvalue weighted by molar-refractivity contribution is 0.187. The van der Waals surface area contributed by atoms with Crippen LogP contribution in [0.2, 0.25) is 0 Å². The summed E-state index contributed by atoms with van der Waals surface area (Å²) in [6.07, 6.45) is 1.53. The molecule has 4 rings (SSSR count). The monoisotopic (exact) mass is 374 g/mol. The molecule has 0 fully saturated rings. The van der Waals surface area contributed by atoms with Crippen molar-refractivity contribution in [1.82, 2.24) is 9.38 Å². The highest BCUT2D eigenvalue weighted by atomic mass is 16.5. The molecule has 0 atom stereocenters. The zero-order valence-corrected chi connectivity index (χ0v) is 16.1. The minimum absolute atomic E-state index is 0.497. The molecule has 0 saturated carbocycles. The van der Waals surface area contributed by atoms with Crippen molar-refractivity contribution in [1.29, 1.82) is 0 Å². The minimum Gasteiger partial charge on any atom is -0.453 e. The number of aryl methyl sites for hydroxylation is 1. The minimum atomic E-state index is -0.497. The van der Waals surface area contributed by atoms with E-state index in [2.05, 4.69) is 47.1 Å². The number of fused-ring (bicyclic) bond motifs is 3. The molecule has 4 aromatic rings. The van der Waals surface area contributed by atoms with Crippen LogP contribution in [0.5, 0.6) is 0 Å². The number of anilines is 2. The summed E-state index contributed by atoms with van der Waals surface area (Å²) in [4.78, 5) is 16.6. The Balaban J connectivity index is 1.97. The number of aromatic nitrogens is 2. The molecule has 0 aliphatic heterocycles. The van der Waals surface area contributed by atoms with Crippen molar-refractivity contribution >= 4 is 34.0 Å². The number of imidazole rings is 1. The number of amides is 1. The Morgan fingerprint density at radius 3 is 2.75 bits per heavy atom. The van der Waals surface area contributed by atoms with Crippen LogP contribution in [0, 0.1) is 6.92 Å². The van der Waals surface area contributed by atoms with Gasteiger partial charge in [-0.25, -0.2) is 9.78 Å². The molecule has 6 heteroatoms. The van der Waals surface area contributed by atoms with E-state index in [1.165, 1.54) is 12.7 Å². The molecule has 2 aromatic heterocycles. The lowest BCUT2D eigenvalue weighted by Crippen LogP contribution is -2.10. The summed E-state index contributed by atoms with van der Waals surface area (Å²) >= 11 is 0. The second-order valence-corrected chi connectivity index (χ2v) is 6.58. The average molecular weight is 374 g/mol. The molecule has 2 heterocycles. The lowest BCUT2D eigenvalue weighted by atomic mass is 10.1. The highest BCUT2D eigenvalue weighted by Crippen LogP contribution is 2.34. The lowest BCUT2D eigenvalue weighted by Gasteiger charge is -2.09. The Bertz CT molecular complexity index is 1180. The molecule has 0 unspecified atom stereocenters. The van der Waals surface area contributed by atoms with Gasteiger partial charge in [0, 0.05) is 29.4 Å². The first-order valence-electron chi connectivity index (χ1n) is 9.22. The van der Waals surface area contributed by atoms with Gasteiger partial charge in [0.05, 0.1) is 7.11 Å². The summed E-state index contributed by atoms with van der Waals surface area (Å²) in [5.41, 5.74) is 4.68. The fourth-order valence-corrected chi connectivity index (χ4v) is 3.43. The van der Waals surface area contributed by atoms with Crippen LogP contribution >= 0.6 is 0 Å². The van der Waals surface area contributed by atoms with E-state index in [9.17, 15) is 4.79 Å². The number of rotatable bonds is 4. The number of carbonyl (C=O) groups excluding carboxylic acids is 1. The third kappa shape index (κ3) is 3.03. The van der Waals surface area contributed by atoms with Gasteiger partial charge in [-0.05, 0) is 43.0 Å². The molecule has 0 saturated heterocycles. The second-order valence-electron chi connectivity index (χ2n) is 6.58. The van der Waals surface area contributed by atoms with Crippen LogP contribution in [-0.4, -0.2) is 29.1 Å². The zero-order chi connectivity index (χ0) is 19.7. The van der Waals surface area contributed by atoms with E-state index in [-0.39, 0.29) is 0 Å². The van der Waals surface area contributed by atoms with Gasteiger partial charge in [-0.1, -0.05) is 30.3 Å². The second kappa shape index (κ2) is 7.23. The predicted molar refractivity (Wildman–Crippen MR) is 113 cm³/mol. The maximum atomic E-state index is 11.6. The van der Waals surface area contributed by atoms with Crippen LogP contribution in [0.25, 0.3) is 27.7 Å². The van der Waals surface area contributed by atoms with Crippen molar-refractivity contribution in [3.05, 3.63) is 60.3 Å². The number of pyridine rings is 1. The van der Waals surface area contributed by atoms with Gasteiger partial charge in [0.1, 0.15) is 17.2 Å². The first-order chi connectivity index (χ1) is 13.6. The van der Waals surface area contributed by atoms with Crippen molar-refractivity contribution in [2.24, 2.45) is 0 Å². The van der Waals surface area contributed by atoms with E-state index in [1.54, 1.807) is 0 Å². The number of hydrogen-bond donors (Lipinski definition) is 2. The molecule has 1 amide bonds. The third-order valence-electron chi connectivity index (χ3n) is 4.78. The van der Waals surface area contributed by atoms with Crippen LogP contribution in [0.15, 0.2) is 54.7 Å². The summed E-state index contributed by atoms with van der Waals surface area (Å²) in [7, 11) is 1.35. The summed E-state index contributed by atoms with van der Waals surface area (Å²) in [5.74, 6) is 0.958. The molecule has 0 spiro atoms. The Kier molecular flexibility index (Phi) is 4.61. The van der Waals surface area contributed by atoms with Crippen LogP contribution in [0.3, 0.4) is 0 Å². The first-order valence-corrected chi connectivity index (χ1v) is 9.22. The molecule has 142 valence electrons. The van der Waals surface area contributed by atoms with E-state index in [0.29, 0.717) is 5.69 Å². The molecule has 0 bridgehead atoms. The Morgan fingerprint density at radius 1 is 1.18 bits per heavy atom. The van der Waals surface area contributed by atoms with Crippen molar-refractivity contribution in [3.63, 3.8) is 0 Å². The normalized spacial score (nSPS) is 11.0. The first kappa shape index (κ1) is 17.9. The predicted octanol–water partition coefficient (Wildman–Crippen LogP) is 5.07. The van der Waals surface area contributed by atoms with Gasteiger partial charge in [0.25, 0.3) is 0 Å². The highest BCUT2D eigenvalue weighted by molar-refractivity contribution is 6.00. The molecule has 0 radical (unpaired) electrons. The van der Waals surface area contributed by atoms with Crippen LogP contribution < -0.4 is 10.6 Å². The molecule has 6 nitrogen and oxygen atoms in total. The number of ether oxygens (including phenoxy) is 1. The molecule has 2 N–H and O–H groups in total. The van der Waals surface area contributed by atoms with Crippen LogP contribution in [0.1, 0.15) is 12.5 Å². The fourth-order valence-electron chi connectivity index (χ4n) is 3.43. The molecular formula is C22H22N4O2. The standard InChI is InChI=1S/C22H22N4O2/c1-4-23-21-19(17-8-6-5-7-14(17)2)25-20-18-13-16(24-22(27)28-3)10-9-15(18)11-12-26(20)21/h5-13,23H,4H2,1-3H3,(H,24,27). The van der Waals surface area contributed by atoms with Gasteiger partial charge in [0.15, 0.2) is 0 Å². The van der Waals surface area contributed by atoms with Gasteiger partial charge in [-0.15, -0.1) is 0 Å². The van der Waals surface area contributed by atoms with Crippen molar-refractivity contribution < 1.29 is 9.53 Å². The van der Waals surface area contributed by atoms with E-state index in [4.69, 9.17) is 9.72 Å². The van der Waals surface area contributed by atoms with Crippen LogP contribution in [0.4, 0.5) is 16.3 Å². The summed E-state index contributed by atoms with van der Waals surface area (Å²) < 4.78 is 6.76. The zero-order valence-electron chi connectivity index (χ0n) is 16.1. The smallest absolute Gasteiger partial charge is 0.411 e. The fraction of sp³-hybridized carbons (Fsp3) is 0.182. The van der Waals surface area contributed by atoms with Gasteiger partial charge in [-0.2, -0.15) is 0 Å². The number of nitrogens with zero attached hydrogens (tertiary/aromatic N) is 2. The Morgan fingerprint density at radius 2 is 2.00 bits per heavy atom. The molecule has 0 aliphatic carbocycles. The van der Waals surface area contributed by atoms with Gasteiger partial charge < -0.3 is 10.1 Å². The van der Waals surface area contributed by atoms with E-state index in [0.717, 1.165) is 40.0 Å². The SMILES string of the molecule is CCNc1c(-c2ccccc2C)nc2c3cc(NC(=O)OC)ccc3ccn12. The van der Waals surface area contributed by atoms with E-state index < -0.39 is 6.09 Å². The quantitative estimate of drug-likeness (QED) is 0.523. The van der Waals surface area contributed by atoms with Gasteiger partial charge in [-0.3, -0.25) is 9.72 Å². The van der Waals surface area contributed by atoms with Gasteiger partial charge in [0.2, 0.25) is 0 Å². The maximum Gasteiger partial charge on any atom is 0.411 e. The number of benzene rings is 2. The topological polar surface area (TPSA) is 67.7 Å². The number of hydrogen-bond acceptors (Lipinski definition) is 4. The summed E-state index contributed by atoms with van der Waals surface area (Å²) in [6.45, 7) is 4.95. The Hall–Kier alpha value is -3.54. The molecule has 2 aromatic carbocycles. The van der Waals surface area contributed by atoms with E-state index in [1.807, 2.05) is 36.5 Å². The highest BCUT2D eigenvalue weighted by Gasteiger charge is 2.17. The van der Waals surface area contributed by atoms with Crippen molar-refractivity contribution in [3.8, 4) is 11.3 Å². The summed E-state index contributed by atoms with van der Waals surface area (Å²) in [6, 6.07) is 16.0. The average Bonchev–Trinajstić information content (AvgIpc) is 3.07. The molecule has 28 heavy (non-hydrogen) atoms. The maximum absolute atomic E-state index is 11.6. The number of carbonyl (C=O) groups is 1. The molecular weight excluding hydrogens is 352 g/mol. The van der Waals surface area contributed by atoms with Crippen molar-refractivity contribution in [2.45, 2.75) is 13.8 Å². The largest absolute Gasteiger partial charge is 0.453 e. The summed E-state index contributed by atoms with van der Waals surface area (Å²) in [5, 5.41) is 8.18. The Labute approximate surface area is 163 Å². The third-order valence-corrected chi connectivity index (χ3v) is 4.78. The van der Waals surface area contributed by atoms with Crippen molar-refractivity contribution in [2.75, 3.05) is 24.3 Å². The number of nitrogens with one attached hydrogen (secondary N) is 2. The number of methoxy groups -OCH3 is 1.